The number of hydrogen-bond donors (Lipinski definition) is 1. The van der Waals surface area contributed by atoms with E-state index in [0.717, 1.165) is 24.3 Å². The summed E-state index contributed by atoms with van der Waals surface area (Å²) in [5, 5.41) is 9.56. The van der Waals surface area contributed by atoms with Crippen LogP contribution in [0.1, 0.15) is 31.4 Å². The van der Waals surface area contributed by atoms with Gasteiger partial charge >= 0.3 is 6.18 Å². The largest absolute Gasteiger partial charge is 0.416 e. The van der Waals surface area contributed by atoms with Crippen molar-refractivity contribution < 1.29 is 27.1 Å². The fourth-order valence-electron chi connectivity index (χ4n) is 1.90. The molecule has 0 fully saturated rings. The Morgan fingerprint density at radius 2 is 1.47 bits per heavy atom. The van der Waals surface area contributed by atoms with Crippen molar-refractivity contribution >= 4 is 0 Å². The quantitative estimate of drug-likeness (QED) is 0.828. The highest BCUT2D eigenvalue weighted by atomic mass is 19.4. The van der Waals surface area contributed by atoms with Crippen LogP contribution < -0.4 is 0 Å². The van der Waals surface area contributed by atoms with Crippen LogP contribution in [0.2, 0.25) is 0 Å². The minimum atomic E-state index is -4.47. The molecule has 0 saturated carbocycles. The van der Waals surface area contributed by atoms with Gasteiger partial charge in [-0.1, -0.05) is 26.0 Å². The topological polar surface area (TPSA) is 20.2 Å². The van der Waals surface area contributed by atoms with E-state index in [4.69, 9.17) is 0 Å². The molecule has 0 saturated heterocycles. The molecule has 1 nitrogen and oxygen atoms in total. The molecule has 1 rings (SSSR count). The first-order valence-electron chi connectivity index (χ1n) is 5.77. The summed E-state index contributed by atoms with van der Waals surface area (Å²) in [6.07, 6.45) is -9.16. The van der Waals surface area contributed by atoms with Crippen molar-refractivity contribution in [1.82, 2.24) is 0 Å². The van der Waals surface area contributed by atoms with Crippen molar-refractivity contribution in [2.75, 3.05) is 0 Å². The summed E-state index contributed by atoms with van der Waals surface area (Å²) < 4.78 is 62.5. The highest BCUT2D eigenvalue weighted by Crippen LogP contribution is 2.36. The lowest BCUT2D eigenvalue weighted by Crippen LogP contribution is -2.41. The van der Waals surface area contributed by atoms with Crippen LogP contribution >= 0.6 is 0 Å². The molecule has 19 heavy (non-hydrogen) atoms. The zero-order valence-corrected chi connectivity index (χ0v) is 10.5. The SMILES string of the molecule is CCC(C)(c1ccc(C(F)(F)F)cc1)C(O)C(F)F. The van der Waals surface area contributed by atoms with E-state index >= 15 is 0 Å². The monoisotopic (exact) mass is 282 g/mol. The van der Waals surface area contributed by atoms with Gasteiger partial charge in [-0.3, -0.25) is 0 Å². The van der Waals surface area contributed by atoms with Crippen LogP contribution in [0.15, 0.2) is 24.3 Å². The first-order valence-corrected chi connectivity index (χ1v) is 5.77. The number of benzene rings is 1. The molecule has 0 aliphatic carbocycles. The minimum Gasteiger partial charge on any atom is -0.386 e. The van der Waals surface area contributed by atoms with Gasteiger partial charge in [-0.25, -0.2) is 8.78 Å². The second kappa shape index (κ2) is 5.45. The maximum absolute atomic E-state index is 12.6. The Balaban J connectivity index is 3.13. The minimum absolute atomic E-state index is 0.184. The summed E-state index contributed by atoms with van der Waals surface area (Å²) in [6, 6.07) is 3.94. The van der Waals surface area contributed by atoms with Crippen LogP contribution in [0.25, 0.3) is 0 Å². The number of halogens is 5. The zero-order chi connectivity index (χ0) is 14.8. The van der Waals surface area contributed by atoms with E-state index in [1.165, 1.54) is 6.92 Å². The van der Waals surface area contributed by atoms with E-state index in [2.05, 4.69) is 0 Å². The van der Waals surface area contributed by atoms with E-state index in [1.54, 1.807) is 6.92 Å². The van der Waals surface area contributed by atoms with Crippen LogP contribution in [0.5, 0.6) is 0 Å². The average molecular weight is 282 g/mol. The van der Waals surface area contributed by atoms with Crippen LogP contribution in [-0.2, 0) is 11.6 Å². The van der Waals surface area contributed by atoms with E-state index in [0.29, 0.717) is 0 Å². The smallest absolute Gasteiger partial charge is 0.386 e. The lowest BCUT2D eigenvalue weighted by molar-refractivity contribution is -0.137. The van der Waals surface area contributed by atoms with Crippen molar-refractivity contribution in [2.45, 2.75) is 44.4 Å². The Kier molecular flexibility index (Phi) is 4.55. The summed E-state index contributed by atoms with van der Waals surface area (Å²) >= 11 is 0. The standard InChI is InChI=1S/C13H15F5O/c1-3-12(2,10(19)11(14)15)8-4-6-9(7-5-8)13(16,17)18/h4-7,10-11,19H,3H2,1-2H3. The third-order valence-corrected chi connectivity index (χ3v) is 3.50. The van der Waals surface area contributed by atoms with Gasteiger partial charge in [-0.15, -0.1) is 0 Å². The Morgan fingerprint density at radius 1 is 1.05 bits per heavy atom. The lowest BCUT2D eigenvalue weighted by atomic mass is 9.75. The molecule has 0 aromatic heterocycles. The molecule has 1 aromatic rings. The fourth-order valence-corrected chi connectivity index (χ4v) is 1.90. The molecule has 0 bridgehead atoms. The molecule has 0 radical (unpaired) electrons. The molecular formula is C13H15F5O. The van der Waals surface area contributed by atoms with Crippen LogP contribution in [0.3, 0.4) is 0 Å². The predicted octanol–water partition coefficient (Wildman–Crippen LogP) is 4.00. The van der Waals surface area contributed by atoms with Gasteiger partial charge in [0.15, 0.2) is 0 Å². The molecule has 1 aromatic carbocycles. The normalized spacial score (nSPS) is 17.3. The van der Waals surface area contributed by atoms with Gasteiger partial charge in [0.25, 0.3) is 6.43 Å². The number of alkyl halides is 5. The maximum atomic E-state index is 12.6. The Labute approximate surface area is 108 Å². The highest BCUT2D eigenvalue weighted by molar-refractivity contribution is 5.31. The Bertz CT molecular complexity index is 412. The molecular weight excluding hydrogens is 267 g/mol. The second-order valence-corrected chi connectivity index (χ2v) is 4.63. The van der Waals surface area contributed by atoms with Crippen LogP contribution in [0, 0.1) is 0 Å². The first-order chi connectivity index (χ1) is 8.63. The highest BCUT2D eigenvalue weighted by Gasteiger charge is 2.39. The summed E-state index contributed by atoms with van der Waals surface area (Å²) in [4.78, 5) is 0. The van der Waals surface area contributed by atoms with Crippen molar-refractivity contribution in [3.63, 3.8) is 0 Å². The summed E-state index contributed by atoms with van der Waals surface area (Å²) in [6.45, 7) is 3.01. The number of hydrogen-bond acceptors (Lipinski definition) is 1. The van der Waals surface area contributed by atoms with E-state index in [-0.39, 0.29) is 12.0 Å². The zero-order valence-electron chi connectivity index (χ0n) is 10.5. The van der Waals surface area contributed by atoms with Gasteiger partial charge in [0, 0.05) is 5.41 Å². The van der Waals surface area contributed by atoms with Crippen molar-refractivity contribution in [2.24, 2.45) is 0 Å². The molecule has 1 N–H and O–H groups in total. The van der Waals surface area contributed by atoms with Crippen LogP contribution in [-0.4, -0.2) is 17.6 Å². The van der Waals surface area contributed by atoms with Gasteiger partial charge in [0.05, 0.1) is 5.56 Å². The fraction of sp³-hybridized carbons (Fsp3) is 0.538. The average Bonchev–Trinajstić information content (AvgIpc) is 2.36. The van der Waals surface area contributed by atoms with E-state index in [9.17, 15) is 27.1 Å². The molecule has 6 heteroatoms. The third-order valence-electron chi connectivity index (χ3n) is 3.50. The van der Waals surface area contributed by atoms with E-state index < -0.39 is 29.7 Å². The number of aliphatic hydroxyl groups excluding tert-OH is 1. The van der Waals surface area contributed by atoms with E-state index in [1.807, 2.05) is 0 Å². The van der Waals surface area contributed by atoms with Gasteiger partial charge in [-0.05, 0) is 24.1 Å². The molecule has 0 heterocycles. The predicted molar refractivity (Wildman–Crippen MR) is 61.1 cm³/mol. The first kappa shape index (κ1) is 15.9. The number of rotatable bonds is 4. The molecule has 2 atom stereocenters. The molecule has 0 spiro atoms. The van der Waals surface area contributed by atoms with Gasteiger partial charge < -0.3 is 5.11 Å². The Morgan fingerprint density at radius 3 is 1.79 bits per heavy atom. The second-order valence-electron chi connectivity index (χ2n) is 4.63. The lowest BCUT2D eigenvalue weighted by Gasteiger charge is -2.33. The molecule has 108 valence electrons. The van der Waals surface area contributed by atoms with Gasteiger partial charge in [0.1, 0.15) is 6.10 Å². The summed E-state index contributed by atoms with van der Waals surface area (Å²) in [5.41, 5.74) is -1.87. The number of aliphatic hydroxyl groups is 1. The van der Waals surface area contributed by atoms with Crippen molar-refractivity contribution in [3.8, 4) is 0 Å². The molecule has 0 aliphatic rings. The molecule has 0 aliphatic heterocycles. The van der Waals surface area contributed by atoms with Crippen LogP contribution in [0.4, 0.5) is 22.0 Å². The summed E-state index contributed by atoms with van der Waals surface area (Å²) in [7, 11) is 0. The maximum Gasteiger partial charge on any atom is 0.416 e. The summed E-state index contributed by atoms with van der Waals surface area (Å²) in [5.74, 6) is 0. The van der Waals surface area contributed by atoms with Crippen molar-refractivity contribution in [1.29, 1.82) is 0 Å². The van der Waals surface area contributed by atoms with Gasteiger partial charge in [0.2, 0.25) is 0 Å². The third kappa shape index (κ3) is 3.23. The van der Waals surface area contributed by atoms with Gasteiger partial charge in [-0.2, -0.15) is 13.2 Å². The van der Waals surface area contributed by atoms with Crippen molar-refractivity contribution in [3.05, 3.63) is 35.4 Å². The molecule has 2 unspecified atom stereocenters. The Hall–Kier alpha value is -1.17. The molecule has 0 amide bonds.